The van der Waals surface area contributed by atoms with Gasteiger partial charge >= 0.3 is 6.09 Å². The Hall–Kier alpha value is -3.02. The Bertz CT molecular complexity index is 718. The van der Waals surface area contributed by atoms with Crippen molar-refractivity contribution < 1.29 is 19.4 Å². The highest BCUT2D eigenvalue weighted by Gasteiger charge is 2.16. The summed E-state index contributed by atoms with van der Waals surface area (Å²) in [5.41, 5.74) is 1.29. The molecule has 0 heterocycles. The van der Waals surface area contributed by atoms with Crippen molar-refractivity contribution in [3.63, 3.8) is 0 Å². The van der Waals surface area contributed by atoms with E-state index in [2.05, 4.69) is 5.32 Å². The molecular formula is C19H22N2O4. The van der Waals surface area contributed by atoms with Gasteiger partial charge in [-0.3, -0.25) is 4.79 Å². The molecule has 0 aliphatic carbocycles. The Labute approximate surface area is 147 Å². The average molecular weight is 342 g/mol. The molecule has 0 aliphatic rings. The van der Waals surface area contributed by atoms with E-state index < -0.39 is 6.09 Å². The molecule has 0 fully saturated rings. The van der Waals surface area contributed by atoms with E-state index in [0.717, 1.165) is 5.56 Å². The molecule has 0 bridgehead atoms. The summed E-state index contributed by atoms with van der Waals surface area (Å²) in [6, 6.07) is 15.3. The van der Waals surface area contributed by atoms with E-state index in [1.807, 2.05) is 30.3 Å². The van der Waals surface area contributed by atoms with Crippen molar-refractivity contribution in [2.45, 2.75) is 19.6 Å². The monoisotopic (exact) mass is 342 g/mol. The number of nitrogens with one attached hydrogen (secondary N) is 1. The van der Waals surface area contributed by atoms with Crippen molar-refractivity contribution >= 4 is 12.0 Å². The summed E-state index contributed by atoms with van der Waals surface area (Å²) in [7, 11) is 1.64. The quantitative estimate of drug-likeness (QED) is 0.846. The third kappa shape index (κ3) is 5.84. The van der Waals surface area contributed by atoms with Gasteiger partial charge in [0.05, 0.1) is 0 Å². The van der Waals surface area contributed by atoms with Gasteiger partial charge in [-0.1, -0.05) is 36.4 Å². The molecule has 1 atom stereocenters. The lowest BCUT2D eigenvalue weighted by Crippen LogP contribution is -2.42. The number of rotatable bonds is 6. The normalized spacial score (nSPS) is 11.4. The van der Waals surface area contributed by atoms with Crippen molar-refractivity contribution in [2.75, 3.05) is 13.6 Å². The van der Waals surface area contributed by atoms with Crippen LogP contribution in [0.2, 0.25) is 0 Å². The van der Waals surface area contributed by atoms with Crippen LogP contribution in [0, 0.1) is 0 Å². The summed E-state index contributed by atoms with van der Waals surface area (Å²) in [5, 5.41) is 12.1. The van der Waals surface area contributed by atoms with Crippen LogP contribution in [-0.4, -0.2) is 41.6 Å². The van der Waals surface area contributed by atoms with Crippen LogP contribution in [0.15, 0.2) is 54.6 Å². The molecule has 2 N–H and O–H groups in total. The van der Waals surface area contributed by atoms with Crippen LogP contribution >= 0.6 is 0 Å². The number of nitrogens with zero attached hydrogens (tertiary/aromatic N) is 1. The minimum Gasteiger partial charge on any atom is -0.508 e. The molecule has 0 aliphatic heterocycles. The number of aromatic hydroxyl groups is 1. The highest BCUT2D eigenvalue weighted by Crippen LogP contribution is 2.12. The maximum absolute atomic E-state index is 12.3. The number of amides is 2. The molecule has 132 valence electrons. The van der Waals surface area contributed by atoms with E-state index in [-0.39, 0.29) is 24.3 Å². The first-order valence-corrected chi connectivity index (χ1v) is 7.97. The number of hydrogen-bond donors (Lipinski definition) is 2. The number of likely N-dealkylation sites (N-methyl/N-ethyl adjacent to an activating group) is 1. The van der Waals surface area contributed by atoms with Gasteiger partial charge in [-0.25, -0.2) is 4.79 Å². The standard InChI is InChI=1S/C19H22N2O4/c1-14(20-19(24)25-13-15-7-4-3-5-8-15)12-21(2)18(23)16-9-6-10-17(22)11-16/h3-11,14,22H,12-13H2,1-2H3,(H,20,24)/t14-/m0/s1. The van der Waals surface area contributed by atoms with E-state index in [1.165, 1.54) is 17.0 Å². The molecule has 25 heavy (non-hydrogen) atoms. The van der Waals surface area contributed by atoms with Crippen molar-refractivity contribution in [1.82, 2.24) is 10.2 Å². The molecule has 2 aromatic carbocycles. The molecule has 0 radical (unpaired) electrons. The Kier molecular flexibility index (Phi) is 6.39. The van der Waals surface area contributed by atoms with E-state index in [9.17, 15) is 14.7 Å². The summed E-state index contributed by atoms with van der Waals surface area (Å²) in [5.74, 6) is -0.197. The number of alkyl carbamates (subject to hydrolysis) is 1. The van der Waals surface area contributed by atoms with E-state index in [4.69, 9.17) is 4.74 Å². The third-order valence-corrected chi connectivity index (χ3v) is 3.56. The van der Waals surface area contributed by atoms with Crippen LogP contribution in [0.25, 0.3) is 0 Å². The molecule has 0 aromatic heterocycles. The Balaban J connectivity index is 1.79. The highest BCUT2D eigenvalue weighted by molar-refractivity contribution is 5.94. The molecule has 0 saturated heterocycles. The van der Waals surface area contributed by atoms with E-state index in [1.54, 1.807) is 26.1 Å². The van der Waals surface area contributed by atoms with Crippen LogP contribution in [0.3, 0.4) is 0 Å². The largest absolute Gasteiger partial charge is 0.508 e. The molecule has 0 saturated carbocycles. The van der Waals surface area contributed by atoms with Crippen LogP contribution in [0.5, 0.6) is 5.75 Å². The zero-order valence-corrected chi connectivity index (χ0v) is 14.3. The highest BCUT2D eigenvalue weighted by atomic mass is 16.5. The maximum atomic E-state index is 12.3. The van der Waals surface area contributed by atoms with E-state index >= 15 is 0 Å². The summed E-state index contributed by atoms with van der Waals surface area (Å²) < 4.78 is 5.15. The number of carbonyl (C=O) groups is 2. The number of phenols is 1. The van der Waals surface area contributed by atoms with Gasteiger partial charge in [0, 0.05) is 25.2 Å². The fourth-order valence-corrected chi connectivity index (χ4v) is 2.36. The minimum absolute atomic E-state index is 0.0370. The van der Waals surface area contributed by atoms with Crippen molar-refractivity contribution in [3.8, 4) is 5.75 Å². The number of phenolic OH excluding ortho intramolecular Hbond substituents is 1. The Morgan fingerprint density at radius 1 is 1.16 bits per heavy atom. The molecule has 0 unspecified atom stereocenters. The summed E-state index contributed by atoms with van der Waals surface area (Å²) in [6.07, 6.45) is -0.533. The fraction of sp³-hybridized carbons (Fsp3) is 0.263. The van der Waals surface area contributed by atoms with Gasteiger partial charge in [0.25, 0.3) is 5.91 Å². The lowest BCUT2D eigenvalue weighted by molar-refractivity contribution is 0.0776. The first-order chi connectivity index (χ1) is 12.0. The minimum atomic E-state index is -0.533. The second-order valence-corrected chi connectivity index (χ2v) is 5.84. The van der Waals surface area contributed by atoms with Gasteiger partial charge in [-0.15, -0.1) is 0 Å². The number of benzene rings is 2. The molecule has 6 heteroatoms. The van der Waals surface area contributed by atoms with Gasteiger partial charge in [0.2, 0.25) is 0 Å². The smallest absolute Gasteiger partial charge is 0.407 e. The van der Waals surface area contributed by atoms with Crippen molar-refractivity contribution in [1.29, 1.82) is 0 Å². The van der Waals surface area contributed by atoms with Gasteiger partial charge in [-0.05, 0) is 30.7 Å². The number of ether oxygens (including phenoxy) is 1. The van der Waals surface area contributed by atoms with Crippen molar-refractivity contribution in [2.24, 2.45) is 0 Å². The van der Waals surface area contributed by atoms with Crippen LogP contribution in [-0.2, 0) is 11.3 Å². The first-order valence-electron chi connectivity index (χ1n) is 7.97. The van der Waals surface area contributed by atoms with E-state index in [0.29, 0.717) is 12.1 Å². The predicted octanol–water partition coefficient (Wildman–Crippen LogP) is 2.78. The number of carbonyl (C=O) groups excluding carboxylic acids is 2. The number of hydrogen-bond acceptors (Lipinski definition) is 4. The van der Waals surface area contributed by atoms with Gasteiger partial charge in [-0.2, -0.15) is 0 Å². The van der Waals surface area contributed by atoms with Crippen LogP contribution < -0.4 is 5.32 Å². The predicted molar refractivity (Wildman–Crippen MR) is 94.3 cm³/mol. The fourth-order valence-electron chi connectivity index (χ4n) is 2.36. The van der Waals surface area contributed by atoms with Crippen LogP contribution in [0.4, 0.5) is 4.79 Å². The van der Waals surface area contributed by atoms with Gasteiger partial charge in [0.15, 0.2) is 0 Å². The maximum Gasteiger partial charge on any atom is 0.407 e. The molecule has 2 aromatic rings. The average Bonchev–Trinajstić information content (AvgIpc) is 2.60. The topological polar surface area (TPSA) is 78.9 Å². The van der Waals surface area contributed by atoms with Gasteiger partial charge in [0.1, 0.15) is 12.4 Å². The summed E-state index contributed by atoms with van der Waals surface area (Å²) in [6.45, 7) is 2.29. The van der Waals surface area contributed by atoms with Crippen molar-refractivity contribution in [3.05, 3.63) is 65.7 Å². The Morgan fingerprint density at radius 3 is 2.56 bits per heavy atom. The molecule has 2 rings (SSSR count). The molecule has 2 amide bonds. The molecule has 6 nitrogen and oxygen atoms in total. The summed E-state index contributed by atoms with van der Waals surface area (Å²) >= 11 is 0. The second kappa shape index (κ2) is 8.73. The zero-order chi connectivity index (χ0) is 18.2. The summed E-state index contributed by atoms with van der Waals surface area (Å²) in [4.78, 5) is 25.6. The third-order valence-electron chi connectivity index (χ3n) is 3.56. The van der Waals surface area contributed by atoms with Crippen LogP contribution in [0.1, 0.15) is 22.8 Å². The zero-order valence-electron chi connectivity index (χ0n) is 14.3. The lowest BCUT2D eigenvalue weighted by Gasteiger charge is -2.22. The first kappa shape index (κ1) is 18.3. The second-order valence-electron chi connectivity index (χ2n) is 5.84. The van der Waals surface area contributed by atoms with Gasteiger partial charge < -0.3 is 20.1 Å². The molecular weight excluding hydrogens is 320 g/mol. The molecule has 0 spiro atoms. The lowest BCUT2D eigenvalue weighted by atomic mass is 10.2. The SMILES string of the molecule is C[C@@H](CN(C)C(=O)c1cccc(O)c1)NC(=O)OCc1ccccc1. The Morgan fingerprint density at radius 2 is 1.88 bits per heavy atom.